The van der Waals surface area contributed by atoms with Crippen molar-refractivity contribution in [2.75, 3.05) is 26.1 Å². The third kappa shape index (κ3) is 6.28. The van der Waals surface area contributed by atoms with Crippen LogP contribution in [0.5, 0.6) is 11.5 Å². The number of halogens is 1. The summed E-state index contributed by atoms with van der Waals surface area (Å²) in [6.07, 6.45) is -2.43. The van der Waals surface area contributed by atoms with Crippen molar-refractivity contribution in [3.05, 3.63) is 144 Å². The number of amides is 1. The van der Waals surface area contributed by atoms with Crippen LogP contribution in [-0.2, 0) is 15.1 Å². The number of hydrogen-bond donors (Lipinski definition) is 3. The molecule has 1 aliphatic rings. The molecule has 1 fully saturated rings. The summed E-state index contributed by atoms with van der Waals surface area (Å²) in [6.45, 7) is -0.277. The van der Waals surface area contributed by atoms with Crippen molar-refractivity contribution in [2.45, 2.75) is 30.1 Å². The summed E-state index contributed by atoms with van der Waals surface area (Å²) in [6, 6.07) is 29.4. The van der Waals surface area contributed by atoms with E-state index < -0.39 is 36.0 Å². The molecule has 12 nitrogen and oxygen atoms in total. The summed E-state index contributed by atoms with van der Waals surface area (Å²) in [5, 5.41) is 25.3. The summed E-state index contributed by atoms with van der Waals surface area (Å²) >= 11 is 0. The molecule has 13 heteroatoms. The zero-order valence-corrected chi connectivity index (χ0v) is 27.6. The van der Waals surface area contributed by atoms with Crippen LogP contribution in [-0.4, -0.2) is 74.8 Å². The highest BCUT2D eigenvalue weighted by Crippen LogP contribution is 2.44. The second kappa shape index (κ2) is 14.2. The number of aromatic nitrogens is 4. The van der Waals surface area contributed by atoms with Gasteiger partial charge in [0.15, 0.2) is 23.2 Å². The van der Waals surface area contributed by atoms with Crippen LogP contribution >= 0.6 is 0 Å². The molecular weight excluding hydrogens is 657 g/mol. The second-order valence-corrected chi connectivity index (χ2v) is 11.8. The lowest BCUT2D eigenvalue weighted by molar-refractivity contribution is -0.0948. The van der Waals surface area contributed by atoms with E-state index in [1.807, 2.05) is 30.3 Å². The SMILES string of the molecule is COc1ccc(C(OC[C@H]2O[C@@H](n3cnc4c(NC(=O)c5ccccc5)ncnc43)[C@H](O)[C@@H]2O)(c2ccccc2)c2ccc(OC)cc2F)cc1. The van der Waals surface area contributed by atoms with E-state index in [1.165, 1.54) is 30.4 Å². The third-order valence-corrected chi connectivity index (χ3v) is 8.93. The number of imidazole rings is 1. The molecule has 1 saturated heterocycles. The number of nitrogens with one attached hydrogen (secondary N) is 1. The van der Waals surface area contributed by atoms with Crippen molar-refractivity contribution >= 4 is 22.9 Å². The third-order valence-electron chi connectivity index (χ3n) is 8.93. The Labute approximate surface area is 292 Å². The van der Waals surface area contributed by atoms with Gasteiger partial charge in [0.1, 0.15) is 47.6 Å². The van der Waals surface area contributed by atoms with E-state index in [9.17, 15) is 15.0 Å². The lowest BCUT2D eigenvalue weighted by Gasteiger charge is -2.37. The van der Waals surface area contributed by atoms with Gasteiger partial charge in [0.2, 0.25) is 0 Å². The molecule has 1 amide bonds. The molecule has 0 spiro atoms. The maximum Gasteiger partial charge on any atom is 0.256 e. The summed E-state index contributed by atoms with van der Waals surface area (Å²) in [5.74, 6) is 0.110. The molecule has 2 aromatic heterocycles. The molecule has 5 atom stereocenters. The van der Waals surface area contributed by atoms with Gasteiger partial charge in [0, 0.05) is 17.2 Å². The number of hydrogen-bond acceptors (Lipinski definition) is 10. The average molecular weight is 692 g/mol. The van der Waals surface area contributed by atoms with Gasteiger partial charge in [-0.25, -0.2) is 19.3 Å². The molecule has 0 bridgehead atoms. The first kappa shape index (κ1) is 33.8. The van der Waals surface area contributed by atoms with Crippen LogP contribution in [0, 0.1) is 5.82 Å². The van der Waals surface area contributed by atoms with Crippen molar-refractivity contribution in [1.82, 2.24) is 19.5 Å². The fraction of sp³-hybridized carbons (Fsp3) is 0.211. The summed E-state index contributed by atoms with van der Waals surface area (Å²) in [4.78, 5) is 25.8. The van der Waals surface area contributed by atoms with E-state index in [-0.39, 0.29) is 35.1 Å². The van der Waals surface area contributed by atoms with Crippen LogP contribution < -0.4 is 14.8 Å². The van der Waals surface area contributed by atoms with Crippen molar-refractivity contribution < 1.29 is 38.3 Å². The van der Waals surface area contributed by atoms with Crippen LogP contribution in [0.25, 0.3) is 11.2 Å². The minimum Gasteiger partial charge on any atom is -0.497 e. The minimum absolute atomic E-state index is 0.161. The summed E-state index contributed by atoms with van der Waals surface area (Å²) < 4.78 is 41.3. The van der Waals surface area contributed by atoms with Gasteiger partial charge in [-0.05, 0) is 47.5 Å². The van der Waals surface area contributed by atoms with E-state index in [1.54, 1.807) is 73.8 Å². The van der Waals surface area contributed by atoms with E-state index >= 15 is 4.39 Å². The number of anilines is 1. The smallest absolute Gasteiger partial charge is 0.256 e. The monoisotopic (exact) mass is 691 g/mol. The van der Waals surface area contributed by atoms with Crippen molar-refractivity contribution in [3.63, 3.8) is 0 Å². The molecular formula is C38H34FN5O7. The fourth-order valence-electron chi connectivity index (χ4n) is 6.33. The first-order chi connectivity index (χ1) is 24.8. The molecule has 1 aliphatic heterocycles. The molecule has 3 heterocycles. The Morgan fingerprint density at radius 1 is 0.863 bits per heavy atom. The van der Waals surface area contributed by atoms with Gasteiger partial charge >= 0.3 is 0 Å². The van der Waals surface area contributed by atoms with Crippen LogP contribution in [0.3, 0.4) is 0 Å². The van der Waals surface area contributed by atoms with Gasteiger partial charge in [0.05, 0.1) is 27.2 Å². The van der Waals surface area contributed by atoms with Crippen molar-refractivity contribution in [1.29, 1.82) is 0 Å². The number of carbonyl (C=O) groups is 1. The van der Waals surface area contributed by atoms with Gasteiger partial charge in [-0.15, -0.1) is 0 Å². The highest BCUT2D eigenvalue weighted by atomic mass is 19.1. The Morgan fingerprint density at radius 3 is 2.22 bits per heavy atom. The Kier molecular flexibility index (Phi) is 9.43. The lowest BCUT2D eigenvalue weighted by Crippen LogP contribution is -2.40. The van der Waals surface area contributed by atoms with Crippen LogP contribution in [0.4, 0.5) is 10.2 Å². The number of methoxy groups -OCH3 is 2. The zero-order valence-electron chi connectivity index (χ0n) is 27.6. The number of fused-ring (bicyclic) bond motifs is 1. The minimum atomic E-state index is -1.54. The molecule has 3 N–H and O–H groups in total. The van der Waals surface area contributed by atoms with Crippen LogP contribution in [0.15, 0.2) is 116 Å². The summed E-state index contributed by atoms with van der Waals surface area (Å²) in [7, 11) is 3.01. The highest BCUT2D eigenvalue weighted by Gasteiger charge is 2.47. The quantitative estimate of drug-likeness (QED) is 0.161. The molecule has 6 aromatic rings. The maximum atomic E-state index is 16.1. The molecule has 0 radical (unpaired) electrons. The fourth-order valence-corrected chi connectivity index (χ4v) is 6.33. The normalized spacial score (nSPS) is 19.8. The van der Waals surface area contributed by atoms with Crippen LogP contribution in [0.1, 0.15) is 33.3 Å². The molecule has 260 valence electrons. The molecule has 7 rings (SSSR count). The van der Waals surface area contributed by atoms with Gasteiger partial charge in [-0.3, -0.25) is 9.36 Å². The number of aliphatic hydroxyl groups excluding tert-OH is 2. The topological polar surface area (TPSA) is 150 Å². The van der Waals surface area contributed by atoms with Gasteiger partial charge in [0.25, 0.3) is 5.91 Å². The standard InChI is InChI=1S/C38H34FN5O7/c1-48-26-15-13-25(14-16-26)38(24-11-7-4-8-12-24,28-18-17-27(49-2)19-29(28)39)50-20-30-32(45)33(46)37(51-30)44-22-42-31-34(40-21-41-35(31)44)43-36(47)23-9-5-3-6-10-23/h3-19,21-22,30,32-33,37,45-46H,20H2,1-2H3,(H,40,41,43,47)/t30-,32-,33-,37-,38?/m1/s1. The van der Waals surface area contributed by atoms with E-state index in [0.29, 0.717) is 28.2 Å². The number of nitrogens with zero attached hydrogens (tertiary/aromatic N) is 4. The molecule has 0 saturated carbocycles. The maximum absolute atomic E-state index is 16.1. The predicted octanol–water partition coefficient (Wildman–Crippen LogP) is 4.86. The molecule has 4 aromatic carbocycles. The number of ether oxygens (including phenoxy) is 4. The van der Waals surface area contributed by atoms with Crippen molar-refractivity contribution in [2.24, 2.45) is 0 Å². The second-order valence-electron chi connectivity index (χ2n) is 11.8. The predicted molar refractivity (Wildman–Crippen MR) is 184 cm³/mol. The van der Waals surface area contributed by atoms with Gasteiger partial charge in [-0.2, -0.15) is 0 Å². The number of benzene rings is 4. The van der Waals surface area contributed by atoms with E-state index in [4.69, 9.17) is 18.9 Å². The number of aliphatic hydroxyl groups is 2. The lowest BCUT2D eigenvalue weighted by atomic mass is 9.79. The van der Waals surface area contributed by atoms with Gasteiger partial charge in [-0.1, -0.05) is 60.7 Å². The first-order valence-corrected chi connectivity index (χ1v) is 16.1. The largest absolute Gasteiger partial charge is 0.497 e. The van der Waals surface area contributed by atoms with E-state index in [2.05, 4.69) is 20.3 Å². The van der Waals surface area contributed by atoms with Crippen molar-refractivity contribution in [3.8, 4) is 11.5 Å². The molecule has 0 aliphatic carbocycles. The molecule has 1 unspecified atom stereocenters. The molecule has 51 heavy (non-hydrogen) atoms. The highest BCUT2D eigenvalue weighted by molar-refractivity contribution is 6.06. The Bertz CT molecular complexity index is 2130. The zero-order chi connectivity index (χ0) is 35.5. The average Bonchev–Trinajstić information content (AvgIpc) is 3.73. The first-order valence-electron chi connectivity index (χ1n) is 16.1. The Balaban J connectivity index is 1.22. The van der Waals surface area contributed by atoms with Gasteiger partial charge < -0.3 is 34.5 Å². The van der Waals surface area contributed by atoms with E-state index in [0.717, 1.165) is 0 Å². The Hall–Kier alpha value is -5.73. The number of rotatable bonds is 11. The number of carbonyl (C=O) groups excluding carboxylic acids is 1. The van der Waals surface area contributed by atoms with Crippen LogP contribution in [0.2, 0.25) is 0 Å². The summed E-state index contributed by atoms with van der Waals surface area (Å²) in [5.41, 5.74) is 0.757. The Morgan fingerprint density at radius 2 is 1.53 bits per heavy atom.